The van der Waals surface area contributed by atoms with Crippen LogP contribution in [0.1, 0.15) is 57.8 Å². The molecule has 1 aromatic rings. The average molecular weight is 518 g/mol. The fourth-order valence-electron chi connectivity index (χ4n) is 3.09. The molecule has 0 saturated heterocycles. The summed E-state index contributed by atoms with van der Waals surface area (Å²) in [5.41, 5.74) is 0.692. The standard InChI is InChI=1S/C22H39N5O.HI/c1-6-23-22(26-16-11-17-27(18(2)3)19(4)5)25-15-10-14-24-21(28)20-12-8-7-9-13-20;/h7-9,12-13,18-19H,6,10-11,14-17H2,1-5H3,(H,24,28)(H2,23,25,26);1H. The zero-order valence-corrected chi connectivity index (χ0v) is 21.0. The Morgan fingerprint density at radius 2 is 1.59 bits per heavy atom. The van der Waals surface area contributed by atoms with Crippen LogP contribution >= 0.6 is 24.0 Å². The van der Waals surface area contributed by atoms with E-state index in [1.54, 1.807) is 0 Å². The number of hydrogen-bond acceptors (Lipinski definition) is 3. The minimum absolute atomic E-state index is 0. The first-order valence-electron chi connectivity index (χ1n) is 10.6. The molecular formula is C22H40IN5O. The average Bonchev–Trinajstić information content (AvgIpc) is 2.67. The van der Waals surface area contributed by atoms with Crippen molar-refractivity contribution in [1.82, 2.24) is 20.9 Å². The Morgan fingerprint density at radius 1 is 0.966 bits per heavy atom. The van der Waals surface area contributed by atoms with Crippen molar-refractivity contribution in [2.24, 2.45) is 4.99 Å². The molecule has 0 aliphatic rings. The highest BCUT2D eigenvalue weighted by molar-refractivity contribution is 14.0. The van der Waals surface area contributed by atoms with Crippen LogP contribution in [-0.4, -0.2) is 61.6 Å². The van der Waals surface area contributed by atoms with E-state index in [9.17, 15) is 4.79 Å². The molecule has 1 aromatic carbocycles. The van der Waals surface area contributed by atoms with Crippen molar-refractivity contribution in [1.29, 1.82) is 0 Å². The molecule has 0 aliphatic carbocycles. The number of nitrogens with one attached hydrogen (secondary N) is 3. The highest BCUT2D eigenvalue weighted by atomic mass is 127. The van der Waals surface area contributed by atoms with Gasteiger partial charge in [-0.3, -0.25) is 14.7 Å². The van der Waals surface area contributed by atoms with E-state index in [0.29, 0.717) is 30.7 Å². The van der Waals surface area contributed by atoms with Gasteiger partial charge in [0.05, 0.1) is 0 Å². The summed E-state index contributed by atoms with van der Waals surface area (Å²) in [5.74, 6) is 0.812. The number of benzene rings is 1. The van der Waals surface area contributed by atoms with Crippen LogP contribution in [0.4, 0.5) is 0 Å². The summed E-state index contributed by atoms with van der Waals surface area (Å²) in [5, 5.41) is 9.62. The Hall–Kier alpha value is -1.35. The number of guanidine groups is 1. The van der Waals surface area contributed by atoms with Gasteiger partial charge < -0.3 is 16.0 Å². The zero-order chi connectivity index (χ0) is 20.8. The van der Waals surface area contributed by atoms with E-state index in [-0.39, 0.29) is 29.9 Å². The van der Waals surface area contributed by atoms with Gasteiger partial charge in [0.2, 0.25) is 0 Å². The molecule has 0 aromatic heterocycles. The Labute approximate surface area is 194 Å². The van der Waals surface area contributed by atoms with E-state index >= 15 is 0 Å². The third kappa shape index (κ3) is 12.1. The molecule has 0 unspecified atom stereocenters. The largest absolute Gasteiger partial charge is 0.357 e. The molecule has 0 spiro atoms. The highest BCUT2D eigenvalue weighted by Crippen LogP contribution is 2.05. The van der Waals surface area contributed by atoms with E-state index in [4.69, 9.17) is 0 Å². The van der Waals surface area contributed by atoms with Crippen molar-refractivity contribution >= 4 is 35.8 Å². The number of carbonyl (C=O) groups excluding carboxylic acids is 1. The predicted molar refractivity (Wildman–Crippen MR) is 134 cm³/mol. The summed E-state index contributed by atoms with van der Waals surface area (Å²) in [6.45, 7) is 15.1. The number of nitrogens with zero attached hydrogens (tertiary/aromatic N) is 2. The topological polar surface area (TPSA) is 68.8 Å². The van der Waals surface area contributed by atoms with E-state index in [1.165, 1.54) is 0 Å². The van der Waals surface area contributed by atoms with Crippen LogP contribution < -0.4 is 16.0 Å². The molecule has 0 atom stereocenters. The van der Waals surface area contributed by atoms with Crippen molar-refractivity contribution < 1.29 is 4.79 Å². The Kier molecular flexibility index (Phi) is 15.7. The molecule has 0 aliphatic heterocycles. The van der Waals surface area contributed by atoms with E-state index < -0.39 is 0 Å². The maximum Gasteiger partial charge on any atom is 0.251 e. The van der Waals surface area contributed by atoms with Gasteiger partial charge in [0.15, 0.2) is 5.96 Å². The lowest BCUT2D eigenvalue weighted by Gasteiger charge is -2.30. The molecule has 3 N–H and O–H groups in total. The summed E-state index contributed by atoms with van der Waals surface area (Å²) in [4.78, 5) is 19.1. The van der Waals surface area contributed by atoms with Crippen molar-refractivity contribution in [3.63, 3.8) is 0 Å². The van der Waals surface area contributed by atoms with Gasteiger partial charge in [0.1, 0.15) is 0 Å². The number of carbonyl (C=O) groups is 1. The zero-order valence-electron chi connectivity index (χ0n) is 18.7. The molecule has 0 saturated carbocycles. The van der Waals surface area contributed by atoms with E-state index in [2.05, 4.69) is 60.5 Å². The normalized spacial score (nSPS) is 11.5. The molecule has 0 radical (unpaired) electrons. The van der Waals surface area contributed by atoms with Crippen molar-refractivity contribution in [3.05, 3.63) is 35.9 Å². The lowest BCUT2D eigenvalue weighted by molar-refractivity contribution is 0.0953. The van der Waals surface area contributed by atoms with Gasteiger partial charge in [-0.2, -0.15) is 0 Å². The van der Waals surface area contributed by atoms with E-state index in [0.717, 1.165) is 38.4 Å². The maximum absolute atomic E-state index is 12.0. The van der Waals surface area contributed by atoms with Crippen molar-refractivity contribution in [2.75, 3.05) is 32.7 Å². The fourth-order valence-corrected chi connectivity index (χ4v) is 3.09. The second kappa shape index (κ2) is 16.4. The lowest BCUT2D eigenvalue weighted by atomic mass is 10.2. The van der Waals surface area contributed by atoms with Gasteiger partial charge in [0, 0.05) is 50.4 Å². The van der Waals surface area contributed by atoms with Gasteiger partial charge in [0.25, 0.3) is 5.91 Å². The van der Waals surface area contributed by atoms with Gasteiger partial charge in [-0.15, -0.1) is 24.0 Å². The van der Waals surface area contributed by atoms with Gasteiger partial charge in [-0.05, 0) is 59.6 Å². The number of hydrogen-bond donors (Lipinski definition) is 3. The SMILES string of the molecule is CCNC(=NCCCNC(=O)c1ccccc1)NCCCN(C(C)C)C(C)C.I. The van der Waals surface area contributed by atoms with Crippen LogP contribution in [0.15, 0.2) is 35.3 Å². The van der Waals surface area contributed by atoms with Gasteiger partial charge in [-0.1, -0.05) is 18.2 Å². The third-order valence-electron chi connectivity index (χ3n) is 4.48. The van der Waals surface area contributed by atoms with Crippen LogP contribution in [0.25, 0.3) is 0 Å². The number of amides is 1. The first-order valence-corrected chi connectivity index (χ1v) is 10.6. The molecule has 29 heavy (non-hydrogen) atoms. The number of rotatable bonds is 12. The molecule has 0 bridgehead atoms. The summed E-state index contributed by atoms with van der Waals surface area (Å²) in [7, 11) is 0. The first-order chi connectivity index (χ1) is 13.5. The maximum atomic E-state index is 12.0. The Bertz CT molecular complexity index is 570. The van der Waals surface area contributed by atoms with Crippen LogP contribution in [0.3, 0.4) is 0 Å². The van der Waals surface area contributed by atoms with E-state index in [1.807, 2.05) is 30.3 Å². The quantitative estimate of drug-likeness (QED) is 0.172. The highest BCUT2D eigenvalue weighted by Gasteiger charge is 2.12. The van der Waals surface area contributed by atoms with Crippen molar-refractivity contribution in [3.8, 4) is 0 Å². The van der Waals surface area contributed by atoms with Gasteiger partial charge in [-0.25, -0.2) is 0 Å². The Balaban J connectivity index is 0.00000784. The molecule has 7 heteroatoms. The van der Waals surface area contributed by atoms with Crippen LogP contribution in [0, 0.1) is 0 Å². The Morgan fingerprint density at radius 3 is 2.17 bits per heavy atom. The second-order valence-corrected chi connectivity index (χ2v) is 7.44. The van der Waals surface area contributed by atoms with Crippen LogP contribution in [-0.2, 0) is 0 Å². The molecule has 166 valence electrons. The van der Waals surface area contributed by atoms with Crippen LogP contribution in [0.5, 0.6) is 0 Å². The minimum Gasteiger partial charge on any atom is -0.357 e. The predicted octanol–water partition coefficient (Wildman–Crippen LogP) is 3.49. The smallest absolute Gasteiger partial charge is 0.251 e. The molecular weight excluding hydrogens is 477 g/mol. The van der Waals surface area contributed by atoms with Gasteiger partial charge >= 0.3 is 0 Å². The number of halogens is 1. The lowest BCUT2D eigenvalue weighted by Crippen LogP contribution is -2.41. The second-order valence-electron chi connectivity index (χ2n) is 7.44. The minimum atomic E-state index is -0.0329. The molecule has 0 heterocycles. The molecule has 1 rings (SSSR count). The first kappa shape index (κ1) is 27.6. The summed E-state index contributed by atoms with van der Waals surface area (Å²) >= 11 is 0. The monoisotopic (exact) mass is 517 g/mol. The molecule has 1 amide bonds. The summed E-state index contributed by atoms with van der Waals surface area (Å²) in [6.07, 6.45) is 1.89. The number of aliphatic imine (C=N–C) groups is 1. The third-order valence-corrected chi connectivity index (χ3v) is 4.48. The summed E-state index contributed by atoms with van der Waals surface area (Å²) < 4.78 is 0. The molecule has 6 nitrogen and oxygen atoms in total. The fraction of sp³-hybridized carbons (Fsp3) is 0.636. The van der Waals surface area contributed by atoms with Crippen molar-refractivity contribution in [2.45, 2.75) is 59.5 Å². The molecule has 0 fully saturated rings. The van der Waals surface area contributed by atoms with Crippen LogP contribution in [0.2, 0.25) is 0 Å². The summed E-state index contributed by atoms with van der Waals surface area (Å²) in [6, 6.07) is 10.4.